The maximum Gasteiger partial charge on any atom is 0.303 e. The molecule has 2 atom stereocenters. The van der Waals surface area contributed by atoms with Crippen molar-refractivity contribution in [3.8, 4) is 11.5 Å². The summed E-state index contributed by atoms with van der Waals surface area (Å²) in [4.78, 5) is 10.7. The van der Waals surface area contributed by atoms with Crippen LogP contribution in [0.1, 0.15) is 26.2 Å². The molecule has 0 saturated carbocycles. The van der Waals surface area contributed by atoms with Crippen molar-refractivity contribution in [2.45, 2.75) is 26.2 Å². The fourth-order valence-electron chi connectivity index (χ4n) is 2.25. The van der Waals surface area contributed by atoms with Gasteiger partial charge in [0.1, 0.15) is 11.5 Å². The van der Waals surface area contributed by atoms with E-state index in [0.717, 1.165) is 24.3 Å². The maximum atomic E-state index is 10.7. The zero-order valence-corrected chi connectivity index (χ0v) is 12.7. The van der Waals surface area contributed by atoms with E-state index in [1.54, 1.807) is 7.11 Å². The Balaban J connectivity index is 2.28. The van der Waals surface area contributed by atoms with Crippen molar-refractivity contribution in [2.75, 3.05) is 20.3 Å². The van der Waals surface area contributed by atoms with E-state index in [1.807, 2.05) is 24.3 Å². The minimum Gasteiger partial charge on any atom is -0.497 e. The molecule has 1 aromatic carbocycles. The van der Waals surface area contributed by atoms with Crippen LogP contribution in [0, 0.1) is 11.8 Å². The van der Waals surface area contributed by atoms with Crippen molar-refractivity contribution in [1.29, 1.82) is 0 Å². The lowest BCUT2D eigenvalue weighted by Crippen LogP contribution is -2.21. The van der Waals surface area contributed by atoms with Crippen molar-refractivity contribution in [2.24, 2.45) is 17.6 Å². The lowest BCUT2D eigenvalue weighted by molar-refractivity contribution is -0.138. The number of hydrogen-bond donors (Lipinski definition) is 2. The summed E-state index contributed by atoms with van der Waals surface area (Å²) in [6, 6.07) is 7.46. The Labute approximate surface area is 126 Å². The quantitative estimate of drug-likeness (QED) is 0.693. The van der Waals surface area contributed by atoms with Gasteiger partial charge in [-0.15, -0.1) is 0 Å². The minimum atomic E-state index is -0.785. The smallest absolute Gasteiger partial charge is 0.303 e. The second-order valence-electron chi connectivity index (χ2n) is 5.35. The molecule has 0 saturated heterocycles. The SMILES string of the molecule is COc1ccc(OCCC(C)C[C@H](CN)CC(=O)O)cc1. The van der Waals surface area contributed by atoms with E-state index in [4.69, 9.17) is 20.3 Å². The number of ether oxygens (including phenoxy) is 2. The molecule has 0 spiro atoms. The fourth-order valence-corrected chi connectivity index (χ4v) is 2.25. The number of hydrogen-bond acceptors (Lipinski definition) is 4. The molecule has 1 unspecified atom stereocenters. The first kappa shape index (κ1) is 17.3. The van der Waals surface area contributed by atoms with Crippen molar-refractivity contribution < 1.29 is 19.4 Å². The third kappa shape index (κ3) is 6.99. The Hall–Kier alpha value is -1.75. The standard InChI is InChI=1S/C16H25NO4/c1-12(9-13(11-17)10-16(18)19)7-8-21-15-5-3-14(20-2)4-6-15/h3-6,12-13H,7-11,17H2,1-2H3,(H,18,19)/t12?,13-/m0/s1. The lowest BCUT2D eigenvalue weighted by atomic mass is 9.91. The van der Waals surface area contributed by atoms with Crippen LogP contribution >= 0.6 is 0 Å². The van der Waals surface area contributed by atoms with Gasteiger partial charge in [-0.25, -0.2) is 0 Å². The molecule has 1 aromatic rings. The molecule has 118 valence electrons. The molecule has 0 aliphatic carbocycles. The highest BCUT2D eigenvalue weighted by Crippen LogP contribution is 2.20. The van der Waals surface area contributed by atoms with E-state index in [0.29, 0.717) is 19.1 Å². The first-order valence-corrected chi connectivity index (χ1v) is 7.23. The van der Waals surface area contributed by atoms with Gasteiger partial charge in [0.2, 0.25) is 0 Å². The van der Waals surface area contributed by atoms with Crippen LogP contribution in [0.2, 0.25) is 0 Å². The Bertz CT molecular complexity index is 419. The van der Waals surface area contributed by atoms with Gasteiger partial charge in [-0.1, -0.05) is 6.92 Å². The van der Waals surface area contributed by atoms with E-state index < -0.39 is 5.97 Å². The summed E-state index contributed by atoms with van der Waals surface area (Å²) < 4.78 is 10.8. The van der Waals surface area contributed by atoms with Gasteiger partial charge in [-0.3, -0.25) is 4.79 Å². The molecular formula is C16H25NO4. The number of carbonyl (C=O) groups is 1. The van der Waals surface area contributed by atoms with E-state index >= 15 is 0 Å². The molecule has 1 rings (SSSR count). The zero-order valence-electron chi connectivity index (χ0n) is 12.7. The van der Waals surface area contributed by atoms with Gasteiger partial charge in [0.25, 0.3) is 0 Å². The molecule has 0 radical (unpaired) electrons. The lowest BCUT2D eigenvalue weighted by Gasteiger charge is -2.18. The van der Waals surface area contributed by atoms with E-state index in [-0.39, 0.29) is 12.3 Å². The van der Waals surface area contributed by atoms with Crippen LogP contribution < -0.4 is 15.2 Å². The monoisotopic (exact) mass is 295 g/mol. The van der Waals surface area contributed by atoms with Crippen LogP contribution in [0.25, 0.3) is 0 Å². The van der Waals surface area contributed by atoms with E-state index in [2.05, 4.69) is 6.92 Å². The van der Waals surface area contributed by atoms with Crippen LogP contribution in [0.3, 0.4) is 0 Å². The molecule has 0 bridgehead atoms. The topological polar surface area (TPSA) is 81.8 Å². The molecule has 5 nitrogen and oxygen atoms in total. The highest BCUT2D eigenvalue weighted by Gasteiger charge is 2.15. The number of carboxylic acids is 1. The van der Waals surface area contributed by atoms with Gasteiger partial charge in [0.05, 0.1) is 13.7 Å². The van der Waals surface area contributed by atoms with Gasteiger partial charge >= 0.3 is 5.97 Å². The molecule has 0 aliphatic heterocycles. The summed E-state index contributed by atoms with van der Waals surface area (Å²) in [5, 5.41) is 8.80. The Morgan fingerprint density at radius 2 is 1.90 bits per heavy atom. The summed E-state index contributed by atoms with van der Waals surface area (Å²) in [5.41, 5.74) is 5.61. The molecule has 0 aromatic heterocycles. The maximum absolute atomic E-state index is 10.7. The average Bonchev–Trinajstić information content (AvgIpc) is 2.46. The normalized spacial score (nSPS) is 13.5. The molecule has 0 heterocycles. The van der Waals surface area contributed by atoms with Crippen LogP contribution in [0.4, 0.5) is 0 Å². The molecule has 5 heteroatoms. The van der Waals surface area contributed by atoms with Crippen molar-refractivity contribution in [1.82, 2.24) is 0 Å². The van der Waals surface area contributed by atoms with Crippen molar-refractivity contribution in [3.63, 3.8) is 0 Å². The second kappa shape index (κ2) is 9.23. The molecule has 21 heavy (non-hydrogen) atoms. The van der Waals surface area contributed by atoms with Crippen LogP contribution in [-0.2, 0) is 4.79 Å². The zero-order chi connectivity index (χ0) is 15.7. The van der Waals surface area contributed by atoms with Crippen LogP contribution in [-0.4, -0.2) is 31.3 Å². The van der Waals surface area contributed by atoms with E-state index in [1.165, 1.54) is 0 Å². The number of nitrogens with two attached hydrogens (primary N) is 1. The number of benzene rings is 1. The Morgan fingerprint density at radius 1 is 1.29 bits per heavy atom. The van der Waals surface area contributed by atoms with Crippen LogP contribution in [0.5, 0.6) is 11.5 Å². The van der Waals surface area contributed by atoms with Gasteiger partial charge in [0, 0.05) is 6.42 Å². The number of methoxy groups -OCH3 is 1. The predicted molar refractivity (Wildman–Crippen MR) is 81.7 cm³/mol. The fraction of sp³-hybridized carbons (Fsp3) is 0.562. The van der Waals surface area contributed by atoms with Gasteiger partial charge in [0.15, 0.2) is 0 Å². The van der Waals surface area contributed by atoms with Gasteiger partial charge in [-0.2, -0.15) is 0 Å². The molecule has 0 amide bonds. The van der Waals surface area contributed by atoms with Gasteiger partial charge < -0.3 is 20.3 Å². The Kier molecular flexibility index (Phi) is 7.61. The summed E-state index contributed by atoms with van der Waals surface area (Å²) in [7, 11) is 1.63. The largest absolute Gasteiger partial charge is 0.497 e. The minimum absolute atomic E-state index is 0.0403. The van der Waals surface area contributed by atoms with Crippen molar-refractivity contribution in [3.05, 3.63) is 24.3 Å². The predicted octanol–water partition coefficient (Wildman–Crippen LogP) is 2.54. The molecular weight excluding hydrogens is 270 g/mol. The third-order valence-corrected chi connectivity index (χ3v) is 3.47. The highest BCUT2D eigenvalue weighted by atomic mass is 16.5. The number of carboxylic acid groups (broad SMARTS) is 1. The van der Waals surface area contributed by atoms with E-state index in [9.17, 15) is 4.79 Å². The first-order chi connectivity index (χ1) is 10.0. The molecule has 0 fully saturated rings. The second-order valence-corrected chi connectivity index (χ2v) is 5.35. The molecule has 0 aliphatic rings. The summed E-state index contributed by atoms with van der Waals surface area (Å²) >= 11 is 0. The van der Waals surface area contributed by atoms with Crippen molar-refractivity contribution >= 4 is 5.97 Å². The summed E-state index contributed by atoms with van der Waals surface area (Å²) in [5.74, 6) is 1.25. The highest BCUT2D eigenvalue weighted by molar-refractivity contribution is 5.67. The first-order valence-electron chi connectivity index (χ1n) is 7.23. The van der Waals surface area contributed by atoms with Crippen LogP contribution in [0.15, 0.2) is 24.3 Å². The number of aliphatic carboxylic acids is 1. The third-order valence-electron chi connectivity index (χ3n) is 3.47. The average molecular weight is 295 g/mol. The number of rotatable bonds is 10. The summed E-state index contributed by atoms with van der Waals surface area (Å²) in [6.45, 7) is 3.12. The summed E-state index contributed by atoms with van der Waals surface area (Å²) in [6.07, 6.45) is 1.83. The Morgan fingerprint density at radius 3 is 2.43 bits per heavy atom. The molecule has 3 N–H and O–H groups in total. The van der Waals surface area contributed by atoms with Gasteiger partial charge in [-0.05, 0) is 55.5 Å².